The van der Waals surface area contributed by atoms with E-state index < -0.39 is 24.5 Å². The molecule has 1 N–H and O–H groups in total. The Kier molecular flexibility index (Phi) is 2.58. The van der Waals surface area contributed by atoms with E-state index in [2.05, 4.69) is 10.0 Å². The van der Waals surface area contributed by atoms with Gasteiger partial charge in [0.1, 0.15) is 18.2 Å². The van der Waals surface area contributed by atoms with Crippen molar-refractivity contribution >= 4 is 0 Å². The van der Waals surface area contributed by atoms with Gasteiger partial charge in [0, 0.05) is 12.0 Å². The summed E-state index contributed by atoms with van der Waals surface area (Å²) in [6.45, 7) is 0.309. The summed E-state index contributed by atoms with van der Waals surface area (Å²) in [5.74, 6) is 0. The number of fused-ring (bicyclic) bond motifs is 2. The minimum atomic E-state index is -0.811. The maximum absolute atomic E-state index is 9.74. The van der Waals surface area contributed by atoms with E-state index in [1.807, 2.05) is 0 Å². The summed E-state index contributed by atoms with van der Waals surface area (Å²) >= 11 is 0. The topological polar surface area (TPSA) is 96.7 Å². The van der Waals surface area contributed by atoms with Gasteiger partial charge in [-0.15, -0.1) is 0 Å². The van der Waals surface area contributed by atoms with Crippen LogP contribution in [0.2, 0.25) is 0 Å². The molecule has 0 aromatic heterocycles. The molecule has 2 fully saturated rings. The Morgan fingerprint density at radius 1 is 1.64 bits per heavy atom. The van der Waals surface area contributed by atoms with Crippen LogP contribution >= 0.6 is 0 Å². The zero-order chi connectivity index (χ0) is 10.1. The number of nitrogens with zero attached hydrogens (tertiary/aromatic N) is 3. The average Bonchev–Trinajstić information content (AvgIpc) is 2.61. The zero-order valence-corrected chi connectivity index (χ0v) is 7.61. The van der Waals surface area contributed by atoms with Gasteiger partial charge in [-0.05, 0) is 5.53 Å². The summed E-state index contributed by atoms with van der Waals surface area (Å²) in [5.41, 5.74) is 8.36. The lowest BCUT2D eigenvalue weighted by atomic mass is 9.99. The first-order chi connectivity index (χ1) is 6.77. The molecule has 0 spiro atoms. The van der Waals surface area contributed by atoms with Crippen molar-refractivity contribution in [3.8, 4) is 0 Å². The highest BCUT2D eigenvalue weighted by Gasteiger charge is 2.50. The normalized spacial score (nSPS) is 46.0. The lowest BCUT2D eigenvalue weighted by Crippen LogP contribution is -2.53. The fourth-order valence-electron chi connectivity index (χ4n) is 1.83. The predicted molar refractivity (Wildman–Crippen MR) is 44.4 cm³/mol. The molecule has 7 nitrogen and oxygen atoms in total. The highest BCUT2D eigenvalue weighted by Crippen LogP contribution is 2.31. The lowest BCUT2D eigenvalue weighted by Gasteiger charge is -2.35. The van der Waals surface area contributed by atoms with Gasteiger partial charge in [0.2, 0.25) is 0 Å². The van der Waals surface area contributed by atoms with Crippen LogP contribution in [0.15, 0.2) is 5.11 Å². The van der Waals surface area contributed by atoms with E-state index in [1.54, 1.807) is 0 Å². The summed E-state index contributed by atoms with van der Waals surface area (Å²) < 4.78 is 15.6. The molecular weight excluding hydrogens is 190 g/mol. The number of methoxy groups -OCH3 is 1. The van der Waals surface area contributed by atoms with Gasteiger partial charge < -0.3 is 19.3 Å². The van der Waals surface area contributed by atoms with Crippen LogP contribution in [-0.2, 0) is 14.2 Å². The van der Waals surface area contributed by atoms with Crippen molar-refractivity contribution in [2.45, 2.75) is 30.6 Å². The zero-order valence-electron chi connectivity index (χ0n) is 7.61. The first-order valence-corrected chi connectivity index (χ1v) is 4.30. The number of rotatable bonds is 2. The summed E-state index contributed by atoms with van der Waals surface area (Å²) in [4.78, 5) is 2.68. The molecule has 2 heterocycles. The number of hydrogen-bond donors (Lipinski definition) is 1. The third-order valence-corrected chi connectivity index (χ3v) is 2.52. The van der Waals surface area contributed by atoms with E-state index in [4.69, 9.17) is 19.7 Å². The quantitative estimate of drug-likeness (QED) is 0.380. The maximum Gasteiger partial charge on any atom is 0.169 e. The van der Waals surface area contributed by atoms with Gasteiger partial charge in [0.05, 0.1) is 12.7 Å². The van der Waals surface area contributed by atoms with Crippen molar-refractivity contribution < 1.29 is 19.3 Å². The molecule has 0 aromatic carbocycles. The van der Waals surface area contributed by atoms with Gasteiger partial charge in [-0.1, -0.05) is 5.11 Å². The molecular formula is C7H11N3O4. The predicted octanol–water partition coefficient (Wildman–Crippen LogP) is -0.204. The van der Waals surface area contributed by atoms with Crippen LogP contribution < -0.4 is 0 Å². The van der Waals surface area contributed by atoms with Crippen molar-refractivity contribution in [2.24, 2.45) is 5.11 Å². The molecule has 2 saturated heterocycles. The fraction of sp³-hybridized carbons (Fsp3) is 1.00. The molecule has 2 aliphatic rings. The largest absolute Gasteiger partial charge is 0.388 e. The number of aliphatic hydroxyl groups excluding tert-OH is 1. The van der Waals surface area contributed by atoms with Crippen LogP contribution in [0.3, 0.4) is 0 Å². The minimum absolute atomic E-state index is 0.309. The molecule has 78 valence electrons. The van der Waals surface area contributed by atoms with Crippen LogP contribution in [0, 0.1) is 0 Å². The molecule has 0 aliphatic carbocycles. The molecule has 0 unspecified atom stereocenters. The van der Waals surface area contributed by atoms with Gasteiger partial charge in [-0.2, -0.15) is 0 Å². The Morgan fingerprint density at radius 2 is 2.43 bits per heavy atom. The van der Waals surface area contributed by atoms with E-state index >= 15 is 0 Å². The SMILES string of the molecule is CO[C@H]1[C@H](O)[C@H]2CO[C@H](O2)[C@@H]1N=[N+]=[N-]. The van der Waals surface area contributed by atoms with Gasteiger partial charge >= 0.3 is 0 Å². The summed E-state index contributed by atoms with van der Waals surface area (Å²) in [5, 5.41) is 13.2. The minimum Gasteiger partial charge on any atom is -0.388 e. The summed E-state index contributed by atoms with van der Waals surface area (Å²) in [7, 11) is 1.46. The highest BCUT2D eigenvalue weighted by atomic mass is 16.7. The standard InChI is InChI=1S/C7H11N3O4/c1-12-6-4(9-10-8)7-13-2-3(14-7)5(6)11/h3-7,11H,2H2,1H3/t3-,4-,5-,6-,7-/m1/s1. The summed E-state index contributed by atoms with van der Waals surface area (Å²) in [6, 6.07) is -0.626. The van der Waals surface area contributed by atoms with Gasteiger partial charge in [-0.3, -0.25) is 0 Å². The monoisotopic (exact) mass is 201 g/mol. The molecule has 0 amide bonds. The van der Waals surface area contributed by atoms with Crippen molar-refractivity contribution in [1.29, 1.82) is 0 Å². The summed E-state index contributed by atoms with van der Waals surface area (Å²) in [6.07, 6.45) is -2.34. The third kappa shape index (κ3) is 1.35. The van der Waals surface area contributed by atoms with Crippen molar-refractivity contribution in [2.75, 3.05) is 13.7 Å². The van der Waals surface area contributed by atoms with Gasteiger partial charge in [-0.25, -0.2) is 0 Å². The first kappa shape index (κ1) is 9.70. The van der Waals surface area contributed by atoms with Gasteiger partial charge in [0.25, 0.3) is 0 Å². The average molecular weight is 201 g/mol. The Morgan fingerprint density at radius 3 is 3.07 bits per heavy atom. The third-order valence-electron chi connectivity index (χ3n) is 2.52. The molecule has 2 rings (SSSR count). The molecule has 0 saturated carbocycles. The van der Waals surface area contributed by atoms with E-state index in [0.717, 1.165) is 0 Å². The number of ether oxygens (including phenoxy) is 3. The van der Waals surface area contributed by atoms with E-state index in [9.17, 15) is 5.11 Å². The Labute approximate surface area is 80.2 Å². The van der Waals surface area contributed by atoms with Crippen LogP contribution in [0.5, 0.6) is 0 Å². The second-order valence-electron chi connectivity index (χ2n) is 3.26. The number of aliphatic hydroxyl groups is 1. The maximum atomic E-state index is 9.74. The lowest BCUT2D eigenvalue weighted by molar-refractivity contribution is -0.185. The Balaban J connectivity index is 2.23. The van der Waals surface area contributed by atoms with Gasteiger partial charge in [0.15, 0.2) is 6.29 Å². The first-order valence-electron chi connectivity index (χ1n) is 4.30. The van der Waals surface area contributed by atoms with E-state index in [-0.39, 0.29) is 6.10 Å². The van der Waals surface area contributed by atoms with Crippen LogP contribution in [0.4, 0.5) is 0 Å². The molecule has 14 heavy (non-hydrogen) atoms. The molecule has 2 bridgehead atoms. The van der Waals surface area contributed by atoms with E-state index in [0.29, 0.717) is 6.61 Å². The van der Waals surface area contributed by atoms with Crippen molar-refractivity contribution in [3.63, 3.8) is 0 Å². The second-order valence-corrected chi connectivity index (χ2v) is 3.26. The Bertz CT molecular complexity index is 268. The smallest absolute Gasteiger partial charge is 0.169 e. The van der Waals surface area contributed by atoms with Crippen molar-refractivity contribution in [1.82, 2.24) is 0 Å². The van der Waals surface area contributed by atoms with Crippen LogP contribution in [0.1, 0.15) is 0 Å². The molecule has 0 aromatic rings. The molecule has 7 heteroatoms. The molecule has 0 radical (unpaired) electrons. The van der Waals surface area contributed by atoms with Crippen molar-refractivity contribution in [3.05, 3.63) is 10.4 Å². The highest BCUT2D eigenvalue weighted by molar-refractivity contribution is 4.97. The van der Waals surface area contributed by atoms with Crippen LogP contribution in [0.25, 0.3) is 10.4 Å². The number of hydrogen-bond acceptors (Lipinski definition) is 5. The fourth-order valence-corrected chi connectivity index (χ4v) is 1.83. The molecule has 5 atom stereocenters. The van der Waals surface area contributed by atoms with E-state index in [1.165, 1.54) is 7.11 Å². The Hall–Kier alpha value is -0.850. The number of azide groups is 1. The van der Waals surface area contributed by atoms with Crippen LogP contribution in [-0.4, -0.2) is 49.5 Å². The second kappa shape index (κ2) is 3.72. The molecule has 2 aliphatic heterocycles.